The molecule has 2 rings (SSSR count). The highest BCUT2D eigenvalue weighted by Gasteiger charge is 2.21. The van der Waals surface area contributed by atoms with Gasteiger partial charge in [0, 0.05) is 37.9 Å². The third kappa shape index (κ3) is 4.24. The van der Waals surface area contributed by atoms with Crippen molar-refractivity contribution in [2.45, 2.75) is 31.7 Å². The summed E-state index contributed by atoms with van der Waals surface area (Å²) in [7, 11) is 0. The first-order valence-electron chi connectivity index (χ1n) is 6.88. The summed E-state index contributed by atoms with van der Waals surface area (Å²) < 4.78 is 5.41. The van der Waals surface area contributed by atoms with Crippen LogP contribution in [0, 0.1) is 0 Å². The van der Waals surface area contributed by atoms with Gasteiger partial charge >= 0.3 is 5.97 Å². The Balaban J connectivity index is 2.01. The molecule has 0 saturated carbocycles. The second-order valence-corrected chi connectivity index (χ2v) is 4.87. The fraction of sp³-hybridized carbons (Fsp3) is 0.533. The minimum absolute atomic E-state index is 0.229. The Bertz CT molecular complexity index is 388. The quantitative estimate of drug-likeness (QED) is 0.857. The minimum Gasteiger partial charge on any atom is -0.481 e. The number of aliphatic carboxylic acids is 1. The van der Waals surface area contributed by atoms with Gasteiger partial charge in [-0.3, -0.25) is 4.79 Å². The molecule has 1 heterocycles. The van der Waals surface area contributed by atoms with Crippen molar-refractivity contribution in [2.75, 3.05) is 24.7 Å². The van der Waals surface area contributed by atoms with Gasteiger partial charge < -0.3 is 14.7 Å². The maximum Gasteiger partial charge on any atom is 0.303 e. The molecule has 4 nitrogen and oxygen atoms in total. The highest BCUT2D eigenvalue weighted by molar-refractivity contribution is 5.66. The van der Waals surface area contributed by atoms with E-state index in [1.165, 1.54) is 5.69 Å². The normalized spacial score (nSPS) is 16.2. The van der Waals surface area contributed by atoms with E-state index in [0.29, 0.717) is 12.5 Å². The zero-order chi connectivity index (χ0) is 13.5. The number of carbonyl (C=O) groups is 1. The van der Waals surface area contributed by atoms with E-state index in [4.69, 9.17) is 9.84 Å². The summed E-state index contributed by atoms with van der Waals surface area (Å²) in [6.45, 7) is 2.39. The highest BCUT2D eigenvalue weighted by Crippen LogP contribution is 2.23. The SMILES string of the molecule is O=C(O)CCCN(c1ccccc1)C1CCOCC1. The lowest BCUT2D eigenvalue weighted by atomic mass is 10.1. The molecule has 0 unspecified atom stereocenters. The third-order valence-electron chi connectivity index (χ3n) is 3.51. The van der Waals surface area contributed by atoms with Crippen LogP contribution in [0.1, 0.15) is 25.7 Å². The van der Waals surface area contributed by atoms with Crippen molar-refractivity contribution in [3.8, 4) is 0 Å². The van der Waals surface area contributed by atoms with E-state index in [2.05, 4.69) is 17.0 Å². The molecule has 1 aromatic rings. The molecule has 19 heavy (non-hydrogen) atoms. The molecular weight excluding hydrogens is 242 g/mol. The number of anilines is 1. The van der Waals surface area contributed by atoms with Gasteiger partial charge in [0.05, 0.1) is 0 Å². The Morgan fingerprint density at radius 1 is 1.26 bits per heavy atom. The van der Waals surface area contributed by atoms with Crippen LogP contribution in [0.2, 0.25) is 0 Å². The van der Waals surface area contributed by atoms with Crippen LogP contribution in [-0.4, -0.2) is 36.9 Å². The predicted octanol–water partition coefficient (Wildman–Crippen LogP) is 2.54. The topological polar surface area (TPSA) is 49.8 Å². The van der Waals surface area contributed by atoms with E-state index < -0.39 is 5.97 Å². The van der Waals surface area contributed by atoms with E-state index in [1.54, 1.807) is 0 Å². The molecule has 1 aliphatic rings. The van der Waals surface area contributed by atoms with Gasteiger partial charge in [-0.2, -0.15) is 0 Å². The number of carboxylic acid groups (broad SMARTS) is 1. The molecule has 0 spiro atoms. The Hall–Kier alpha value is -1.55. The second-order valence-electron chi connectivity index (χ2n) is 4.87. The van der Waals surface area contributed by atoms with Crippen LogP contribution in [0.15, 0.2) is 30.3 Å². The van der Waals surface area contributed by atoms with Crippen molar-refractivity contribution in [1.29, 1.82) is 0 Å². The Labute approximate surface area is 114 Å². The van der Waals surface area contributed by atoms with Crippen LogP contribution in [0.4, 0.5) is 5.69 Å². The lowest BCUT2D eigenvalue weighted by Crippen LogP contribution is -2.40. The van der Waals surface area contributed by atoms with E-state index >= 15 is 0 Å². The van der Waals surface area contributed by atoms with E-state index in [0.717, 1.165) is 32.6 Å². The Morgan fingerprint density at radius 3 is 2.58 bits per heavy atom. The van der Waals surface area contributed by atoms with Gasteiger partial charge in [-0.25, -0.2) is 0 Å². The number of hydrogen-bond donors (Lipinski definition) is 1. The number of benzene rings is 1. The molecule has 0 radical (unpaired) electrons. The molecule has 1 aliphatic heterocycles. The standard InChI is InChI=1S/C15H21NO3/c17-15(18)7-4-10-16(13-5-2-1-3-6-13)14-8-11-19-12-9-14/h1-3,5-6,14H,4,7-12H2,(H,17,18). The Kier molecular flexibility index (Phi) is 5.21. The summed E-state index contributed by atoms with van der Waals surface area (Å²) in [5.41, 5.74) is 1.18. The first kappa shape index (κ1) is 13.9. The Morgan fingerprint density at radius 2 is 1.95 bits per heavy atom. The smallest absolute Gasteiger partial charge is 0.303 e. The number of ether oxygens (including phenoxy) is 1. The molecule has 1 aromatic carbocycles. The molecule has 0 aromatic heterocycles. The summed E-state index contributed by atoms with van der Waals surface area (Å²) in [4.78, 5) is 13.0. The first-order valence-corrected chi connectivity index (χ1v) is 6.88. The number of rotatable bonds is 6. The van der Waals surface area contributed by atoms with Crippen LogP contribution < -0.4 is 4.90 Å². The fourth-order valence-electron chi connectivity index (χ4n) is 2.54. The average molecular weight is 263 g/mol. The van der Waals surface area contributed by atoms with Crippen molar-refractivity contribution >= 4 is 11.7 Å². The molecule has 0 atom stereocenters. The van der Waals surface area contributed by atoms with Crippen molar-refractivity contribution in [3.63, 3.8) is 0 Å². The maximum absolute atomic E-state index is 10.7. The number of para-hydroxylation sites is 1. The summed E-state index contributed by atoms with van der Waals surface area (Å²) >= 11 is 0. The zero-order valence-electron chi connectivity index (χ0n) is 11.1. The lowest BCUT2D eigenvalue weighted by Gasteiger charge is -2.36. The molecule has 0 bridgehead atoms. The summed E-state index contributed by atoms with van der Waals surface area (Å²) in [5.74, 6) is -0.722. The summed E-state index contributed by atoms with van der Waals surface area (Å²) in [5, 5.41) is 8.77. The zero-order valence-corrected chi connectivity index (χ0v) is 11.1. The van der Waals surface area contributed by atoms with Gasteiger partial charge in [-0.1, -0.05) is 18.2 Å². The monoisotopic (exact) mass is 263 g/mol. The molecule has 104 valence electrons. The van der Waals surface area contributed by atoms with Crippen LogP contribution >= 0.6 is 0 Å². The van der Waals surface area contributed by atoms with Gasteiger partial charge in [-0.15, -0.1) is 0 Å². The van der Waals surface area contributed by atoms with Crippen LogP contribution in [-0.2, 0) is 9.53 Å². The summed E-state index contributed by atoms with van der Waals surface area (Å²) in [6.07, 6.45) is 2.94. The van der Waals surface area contributed by atoms with Crippen molar-refractivity contribution in [1.82, 2.24) is 0 Å². The predicted molar refractivity (Wildman–Crippen MR) is 74.5 cm³/mol. The maximum atomic E-state index is 10.7. The van der Waals surface area contributed by atoms with E-state index in [9.17, 15) is 4.79 Å². The largest absolute Gasteiger partial charge is 0.481 e. The minimum atomic E-state index is -0.722. The first-order chi connectivity index (χ1) is 9.27. The molecule has 1 saturated heterocycles. The van der Waals surface area contributed by atoms with Gasteiger partial charge in [-0.05, 0) is 31.4 Å². The number of nitrogens with zero attached hydrogens (tertiary/aromatic N) is 1. The van der Waals surface area contributed by atoms with E-state index in [-0.39, 0.29) is 6.42 Å². The van der Waals surface area contributed by atoms with Crippen LogP contribution in [0.5, 0.6) is 0 Å². The molecule has 1 N–H and O–H groups in total. The number of hydrogen-bond acceptors (Lipinski definition) is 3. The van der Waals surface area contributed by atoms with Crippen LogP contribution in [0.25, 0.3) is 0 Å². The van der Waals surface area contributed by atoms with E-state index in [1.807, 2.05) is 18.2 Å². The van der Waals surface area contributed by atoms with Crippen molar-refractivity contribution < 1.29 is 14.6 Å². The van der Waals surface area contributed by atoms with Crippen molar-refractivity contribution in [3.05, 3.63) is 30.3 Å². The fourth-order valence-corrected chi connectivity index (χ4v) is 2.54. The van der Waals surface area contributed by atoms with Gasteiger partial charge in [0.2, 0.25) is 0 Å². The molecule has 1 fully saturated rings. The van der Waals surface area contributed by atoms with Gasteiger partial charge in [0.15, 0.2) is 0 Å². The third-order valence-corrected chi connectivity index (χ3v) is 3.51. The van der Waals surface area contributed by atoms with Crippen LogP contribution in [0.3, 0.4) is 0 Å². The van der Waals surface area contributed by atoms with Crippen molar-refractivity contribution in [2.24, 2.45) is 0 Å². The molecular formula is C15H21NO3. The lowest BCUT2D eigenvalue weighted by molar-refractivity contribution is -0.137. The average Bonchev–Trinajstić information content (AvgIpc) is 2.45. The highest BCUT2D eigenvalue weighted by atomic mass is 16.5. The number of carboxylic acids is 1. The molecule has 0 aliphatic carbocycles. The molecule has 0 amide bonds. The second kappa shape index (κ2) is 7.14. The van der Waals surface area contributed by atoms with Gasteiger partial charge in [0.1, 0.15) is 0 Å². The van der Waals surface area contributed by atoms with Gasteiger partial charge in [0.25, 0.3) is 0 Å². The molecule has 4 heteroatoms. The summed E-state index contributed by atoms with van der Waals surface area (Å²) in [6, 6.07) is 10.7.